The molecular weight excluding hydrogens is 254 g/mol. The molecule has 1 nitrogen and oxygen atoms in total. The van der Waals surface area contributed by atoms with Crippen LogP contribution in [0.25, 0.3) is 0 Å². The van der Waals surface area contributed by atoms with Gasteiger partial charge in [0, 0.05) is 6.04 Å². The Bertz CT molecular complexity index is 455. The van der Waals surface area contributed by atoms with E-state index in [0.29, 0.717) is 0 Å². The molecule has 0 radical (unpaired) electrons. The van der Waals surface area contributed by atoms with Gasteiger partial charge in [-0.2, -0.15) is 0 Å². The second kappa shape index (κ2) is 6.96. The van der Waals surface area contributed by atoms with Crippen molar-refractivity contribution in [2.45, 2.75) is 76.2 Å². The van der Waals surface area contributed by atoms with Crippen LogP contribution in [-0.2, 0) is 12.8 Å². The Morgan fingerprint density at radius 3 is 2.33 bits per heavy atom. The highest BCUT2D eigenvalue weighted by atomic mass is 15.1. The van der Waals surface area contributed by atoms with E-state index in [4.69, 9.17) is 0 Å². The molecule has 0 aliphatic heterocycles. The fourth-order valence-corrected chi connectivity index (χ4v) is 4.39. The molecule has 0 saturated heterocycles. The van der Waals surface area contributed by atoms with Gasteiger partial charge < -0.3 is 4.90 Å². The van der Waals surface area contributed by atoms with Crippen LogP contribution >= 0.6 is 0 Å². The third kappa shape index (κ3) is 3.51. The van der Waals surface area contributed by atoms with Crippen LogP contribution < -0.4 is 0 Å². The number of benzene rings is 1. The first-order valence-corrected chi connectivity index (χ1v) is 9.03. The monoisotopic (exact) mass is 285 g/mol. The first kappa shape index (κ1) is 15.1. The lowest BCUT2D eigenvalue weighted by Gasteiger charge is -2.33. The molecule has 1 atom stereocenters. The van der Waals surface area contributed by atoms with Crippen molar-refractivity contribution in [2.75, 3.05) is 14.1 Å². The first-order chi connectivity index (χ1) is 10.3. The van der Waals surface area contributed by atoms with Gasteiger partial charge in [-0.3, -0.25) is 0 Å². The largest absolute Gasteiger partial charge is 0.306 e. The zero-order valence-electron chi connectivity index (χ0n) is 13.9. The third-order valence-corrected chi connectivity index (χ3v) is 5.77. The van der Waals surface area contributed by atoms with Crippen LogP contribution in [-0.4, -0.2) is 25.0 Å². The van der Waals surface area contributed by atoms with Crippen molar-refractivity contribution in [3.8, 4) is 0 Å². The summed E-state index contributed by atoms with van der Waals surface area (Å²) >= 11 is 0. The van der Waals surface area contributed by atoms with Gasteiger partial charge in [-0.25, -0.2) is 0 Å². The molecule has 0 amide bonds. The molecule has 0 aromatic heterocycles. The first-order valence-electron chi connectivity index (χ1n) is 9.03. The van der Waals surface area contributed by atoms with Gasteiger partial charge in [0.05, 0.1) is 0 Å². The molecule has 1 saturated carbocycles. The number of likely N-dealkylation sites (N-methyl/N-ethyl adjacent to an activating group) is 1. The smallest absolute Gasteiger partial charge is 0.0133 e. The van der Waals surface area contributed by atoms with Gasteiger partial charge in [0.2, 0.25) is 0 Å². The molecule has 1 heteroatoms. The number of hydrogen-bond donors (Lipinski definition) is 0. The highest BCUT2D eigenvalue weighted by molar-refractivity contribution is 5.40. The van der Waals surface area contributed by atoms with Gasteiger partial charge in [-0.05, 0) is 68.8 Å². The molecule has 1 aromatic carbocycles. The van der Waals surface area contributed by atoms with Crippen LogP contribution in [0.3, 0.4) is 0 Å². The van der Waals surface area contributed by atoms with E-state index in [1.807, 2.05) is 0 Å². The highest BCUT2D eigenvalue weighted by Gasteiger charge is 2.25. The molecular formula is C20H31N. The lowest BCUT2D eigenvalue weighted by atomic mass is 9.78. The van der Waals surface area contributed by atoms with Crippen LogP contribution in [0.5, 0.6) is 0 Å². The van der Waals surface area contributed by atoms with Crippen LogP contribution in [0.4, 0.5) is 0 Å². The van der Waals surface area contributed by atoms with Gasteiger partial charge in [-0.15, -0.1) is 0 Å². The molecule has 0 spiro atoms. The van der Waals surface area contributed by atoms with E-state index in [9.17, 15) is 0 Å². The molecule has 0 bridgehead atoms. The lowest BCUT2D eigenvalue weighted by molar-refractivity contribution is 0.267. The SMILES string of the molecule is CN(C)C1CCc2cccc(C3CCCCCCC3)c2C1. The molecule has 1 aromatic rings. The van der Waals surface area contributed by atoms with Crippen molar-refractivity contribution in [3.63, 3.8) is 0 Å². The average molecular weight is 285 g/mol. The molecule has 1 unspecified atom stereocenters. The highest BCUT2D eigenvalue weighted by Crippen LogP contribution is 2.36. The number of fused-ring (bicyclic) bond motifs is 1. The van der Waals surface area contributed by atoms with Gasteiger partial charge in [0.25, 0.3) is 0 Å². The zero-order valence-corrected chi connectivity index (χ0v) is 13.9. The number of nitrogens with zero attached hydrogens (tertiary/aromatic N) is 1. The second-order valence-electron chi connectivity index (χ2n) is 7.39. The normalized spacial score (nSPS) is 24.4. The van der Waals surface area contributed by atoms with Crippen LogP contribution in [0.2, 0.25) is 0 Å². The zero-order chi connectivity index (χ0) is 14.7. The predicted octanol–water partition coefficient (Wildman–Crippen LogP) is 4.93. The van der Waals surface area contributed by atoms with Gasteiger partial charge in [0.15, 0.2) is 0 Å². The maximum absolute atomic E-state index is 2.45. The number of hydrogen-bond acceptors (Lipinski definition) is 1. The standard InChI is InChI=1S/C20H31N/c1-21(2)18-14-13-17-11-8-12-19(20(17)15-18)16-9-6-4-3-5-7-10-16/h8,11-12,16,18H,3-7,9-10,13-15H2,1-2H3. The van der Waals surface area contributed by atoms with Crippen molar-refractivity contribution in [1.29, 1.82) is 0 Å². The van der Waals surface area contributed by atoms with Crippen molar-refractivity contribution < 1.29 is 0 Å². The summed E-state index contributed by atoms with van der Waals surface area (Å²) in [5, 5.41) is 0. The predicted molar refractivity (Wildman–Crippen MR) is 91.0 cm³/mol. The minimum atomic E-state index is 0.743. The fraction of sp³-hybridized carbons (Fsp3) is 0.700. The van der Waals surface area contributed by atoms with E-state index >= 15 is 0 Å². The van der Waals surface area contributed by atoms with E-state index in [2.05, 4.69) is 37.2 Å². The lowest BCUT2D eigenvalue weighted by Crippen LogP contribution is -2.34. The van der Waals surface area contributed by atoms with Gasteiger partial charge >= 0.3 is 0 Å². The average Bonchev–Trinajstić information content (AvgIpc) is 2.46. The minimum Gasteiger partial charge on any atom is -0.306 e. The Morgan fingerprint density at radius 2 is 1.62 bits per heavy atom. The number of aryl methyl sites for hydroxylation is 1. The Balaban J connectivity index is 1.85. The summed E-state index contributed by atoms with van der Waals surface area (Å²) in [4.78, 5) is 2.43. The molecule has 0 N–H and O–H groups in total. The second-order valence-corrected chi connectivity index (χ2v) is 7.39. The van der Waals surface area contributed by atoms with E-state index < -0.39 is 0 Å². The van der Waals surface area contributed by atoms with Crippen molar-refractivity contribution in [1.82, 2.24) is 4.90 Å². The van der Waals surface area contributed by atoms with E-state index in [-0.39, 0.29) is 0 Å². The van der Waals surface area contributed by atoms with Crippen molar-refractivity contribution in [2.24, 2.45) is 0 Å². The van der Waals surface area contributed by atoms with E-state index in [1.54, 1.807) is 16.7 Å². The molecule has 2 aliphatic rings. The summed E-state index contributed by atoms with van der Waals surface area (Å²) in [5.74, 6) is 0.834. The van der Waals surface area contributed by atoms with Crippen LogP contribution in [0.15, 0.2) is 18.2 Å². The summed E-state index contributed by atoms with van der Waals surface area (Å²) in [5.41, 5.74) is 5.07. The fourth-order valence-electron chi connectivity index (χ4n) is 4.39. The Morgan fingerprint density at radius 1 is 0.905 bits per heavy atom. The van der Waals surface area contributed by atoms with Gasteiger partial charge in [-0.1, -0.05) is 50.3 Å². The Labute approximate surface area is 130 Å². The van der Waals surface area contributed by atoms with Gasteiger partial charge in [0.1, 0.15) is 0 Å². The Kier molecular flexibility index (Phi) is 5.00. The maximum Gasteiger partial charge on any atom is 0.0133 e. The molecule has 1 fully saturated rings. The Hall–Kier alpha value is -0.820. The minimum absolute atomic E-state index is 0.743. The third-order valence-electron chi connectivity index (χ3n) is 5.77. The number of rotatable bonds is 2. The summed E-state index contributed by atoms with van der Waals surface area (Å²) in [6.45, 7) is 0. The van der Waals surface area contributed by atoms with Crippen LogP contribution in [0, 0.1) is 0 Å². The molecule has 0 heterocycles. The van der Waals surface area contributed by atoms with Crippen molar-refractivity contribution >= 4 is 0 Å². The van der Waals surface area contributed by atoms with Crippen LogP contribution in [0.1, 0.15) is 74.0 Å². The van der Waals surface area contributed by atoms with Crippen molar-refractivity contribution in [3.05, 3.63) is 34.9 Å². The van der Waals surface area contributed by atoms with E-state index in [1.165, 1.54) is 64.2 Å². The molecule has 21 heavy (non-hydrogen) atoms. The quantitative estimate of drug-likeness (QED) is 0.744. The topological polar surface area (TPSA) is 3.24 Å². The molecule has 3 rings (SSSR count). The summed E-state index contributed by atoms with van der Waals surface area (Å²) in [6, 6.07) is 7.90. The molecule has 2 aliphatic carbocycles. The van der Waals surface area contributed by atoms with E-state index in [0.717, 1.165) is 12.0 Å². The maximum atomic E-state index is 2.45. The summed E-state index contributed by atoms with van der Waals surface area (Å²) in [7, 11) is 4.49. The summed E-state index contributed by atoms with van der Waals surface area (Å²) < 4.78 is 0. The summed E-state index contributed by atoms with van der Waals surface area (Å²) in [6.07, 6.45) is 13.9. The molecule has 116 valence electrons.